The Morgan fingerprint density at radius 1 is 0.312 bits per heavy atom. The predicted octanol–water partition coefficient (Wildman–Crippen LogP) is 10.2. The van der Waals surface area contributed by atoms with Gasteiger partial charge in [0.15, 0.2) is 0 Å². The van der Waals surface area contributed by atoms with Crippen molar-refractivity contribution in [1.29, 1.82) is 0 Å². The average molecular weight is 619 g/mol. The summed E-state index contributed by atoms with van der Waals surface area (Å²) < 4.78 is 0. The maximum Gasteiger partial charge on any atom is 0.115 e. The number of phenolic OH excluding ortho intramolecular Hbond substituents is 2. The van der Waals surface area contributed by atoms with Crippen molar-refractivity contribution in [2.75, 3.05) is 0 Å². The topological polar surface area (TPSA) is 40.5 Å². The molecule has 0 radical (unpaired) electrons. The molecule has 2 nitrogen and oxygen atoms in total. The van der Waals surface area contributed by atoms with Crippen molar-refractivity contribution >= 4 is 0 Å². The van der Waals surface area contributed by atoms with Gasteiger partial charge < -0.3 is 10.2 Å². The summed E-state index contributed by atoms with van der Waals surface area (Å²) >= 11 is 0. The van der Waals surface area contributed by atoms with Crippen LogP contribution in [-0.4, -0.2) is 10.2 Å². The van der Waals surface area contributed by atoms with Gasteiger partial charge >= 0.3 is 0 Å². The van der Waals surface area contributed by atoms with Gasteiger partial charge in [-0.2, -0.15) is 0 Å². The third-order valence-corrected chi connectivity index (χ3v) is 10.8. The van der Waals surface area contributed by atoms with E-state index in [-0.39, 0.29) is 22.3 Å². The van der Waals surface area contributed by atoms with Gasteiger partial charge in [-0.3, -0.25) is 0 Å². The molecule has 9 rings (SSSR count). The van der Waals surface area contributed by atoms with Crippen molar-refractivity contribution in [1.82, 2.24) is 0 Å². The summed E-state index contributed by atoms with van der Waals surface area (Å²) in [6, 6.07) is 59.9. The summed E-state index contributed by atoms with van der Waals surface area (Å²) in [6.45, 7) is 0. The van der Waals surface area contributed by atoms with Gasteiger partial charge in [-0.1, -0.05) is 146 Å². The molecule has 0 aliphatic heterocycles. The van der Waals surface area contributed by atoms with Crippen molar-refractivity contribution in [2.45, 2.75) is 23.7 Å². The van der Waals surface area contributed by atoms with Crippen LogP contribution >= 0.6 is 0 Å². The SMILES string of the molecule is Oc1ccc(C2(Cc3ccc(CC4(c5ccc(O)cc5)c5ccccc5-c5ccccc54)cc3)c3ccccc3-c3ccccc32)cc1. The molecule has 2 N–H and O–H groups in total. The van der Waals surface area contributed by atoms with Gasteiger partial charge in [0.2, 0.25) is 0 Å². The molecule has 0 aromatic heterocycles. The molecule has 7 aromatic rings. The minimum atomic E-state index is -0.390. The number of rotatable bonds is 6. The van der Waals surface area contributed by atoms with Gasteiger partial charge in [0.1, 0.15) is 11.5 Å². The quantitative estimate of drug-likeness (QED) is 0.195. The third kappa shape index (κ3) is 4.12. The Bertz CT molecular complexity index is 2040. The molecule has 0 saturated carbocycles. The molecule has 0 bridgehead atoms. The highest BCUT2D eigenvalue weighted by molar-refractivity contribution is 5.85. The fourth-order valence-electron chi connectivity index (χ4n) is 8.74. The lowest BCUT2D eigenvalue weighted by Crippen LogP contribution is -2.30. The number of hydrogen-bond acceptors (Lipinski definition) is 2. The molecule has 0 spiro atoms. The number of benzene rings is 7. The molecule has 230 valence electrons. The summed E-state index contributed by atoms with van der Waals surface area (Å²) in [7, 11) is 0. The van der Waals surface area contributed by atoms with Gasteiger partial charge in [-0.15, -0.1) is 0 Å². The van der Waals surface area contributed by atoms with E-state index in [4.69, 9.17) is 0 Å². The molecule has 0 fully saturated rings. The molecule has 0 amide bonds. The van der Waals surface area contributed by atoms with Crippen molar-refractivity contribution in [3.05, 3.63) is 214 Å². The van der Waals surface area contributed by atoms with Crippen LogP contribution in [0, 0.1) is 0 Å². The zero-order valence-electron chi connectivity index (χ0n) is 26.5. The van der Waals surface area contributed by atoms with E-state index in [0.29, 0.717) is 0 Å². The second kappa shape index (κ2) is 10.9. The lowest BCUT2D eigenvalue weighted by Gasteiger charge is -2.34. The van der Waals surface area contributed by atoms with Gasteiger partial charge in [0, 0.05) is 0 Å². The highest BCUT2D eigenvalue weighted by atomic mass is 16.3. The minimum Gasteiger partial charge on any atom is -0.508 e. The van der Waals surface area contributed by atoms with Crippen LogP contribution in [0.1, 0.15) is 44.5 Å². The van der Waals surface area contributed by atoms with Gasteiger partial charge in [-0.25, -0.2) is 0 Å². The number of phenols is 2. The van der Waals surface area contributed by atoms with E-state index in [0.717, 1.165) is 12.8 Å². The Labute approximate surface area is 281 Å². The summed E-state index contributed by atoms with van der Waals surface area (Å²) in [5.41, 5.74) is 14.3. The number of aromatic hydroxyl groups is 2. The van der Waals surface area contributed by atoms with Crippen LogP contribution < -0.4 is 0 Å². The summed E-state index contributed by atoms with van der Waals surface area (Å²) in [4.78, 5) is 0. The molecule has 0 heterocycles. The van der Waals surface area contributed by atoms with Crippen LogP contribution in [0.25, 0.3) is 22.3 Å². The van der Waals surface area contributed by atoms with Crippen LogP contribution in [0.15, 0.2) is 170 Å². The van der Waals surface area contributed by atoms with E-state index in [9.17, 15) is 10.2 Å². The summed E-state index contributed by atoms with van der Waals surface area (Å²) in [6.07, 6.45) is 1.59. The second-order valence-electron chi connectivity index (χ2n) is 13.3. The third-order valence-electron chi connectivity index (χ3n) is 10.8. The van der Waals surface area contributed by atoms with E-state index in [1.54, 1.807) is 0 Å². The Balaban J connectivity index is 1.16. The maximum atomic E-state index is 10.2. The molecular weight excluding hydrogens is 585 g/mol. The Hall–Kier alpha value is -5.86. The van der Waals surface area contributed by atoms with Gasteiger partial charge in [0.05, 0.1) is 10.8 Å². The zero-order chi connectivity index (χ0) is 32.3. The molecule has 48 heavy (non-hydrogen) atoms. The van der Waals surface area contributed by atoms with E-state index in [1.165, 1.54) is 66.8 Å². The van der Waals surface area contributed by atoms with Crippen LogP contribution in [0.4, 0.5) is 0 Å². The Morgan fingerprint density at radius 3 is 0.875 bits per heavy atom. The van der Waals surface area contributed by atoms with E-state index in [1.807, 2.05) is 24.3 Å². The van der Waals surface area contributed by atoms with Crippen molar-refractivity contribution in [2.24, 2.45) is 0 Å². The fraction of sp³-hybridized carbons (Fsp3) is 0.0870. The van der Waals surface area contributed by atoms with Crippen LogP contribution in [-0.2, 0) is 23.7 Å². The fourth-order valence-corrected chi connectivity index (χ4v) is 8.74. The molecule has 7 aromatic carbocycles. The number of fused-ring (bicyclic) bond motifs is 6. The molecular formula is C46H34O2. The second-order valence-corrected chi connectivity index (χ2v) is 13.3. The van der Waals surface area contributed by atoms with E-state index in [2.05, 4.69) is 146 Å². The lowest BCUT2D eigenvalue weighted by molar-refractivity contribution is 0.474. The molecule has 0 atom stereocenters. The van der Waals surface area contributed by atoms with Crippen LogP contribution in [0.5, 0.6) is 11.5 Å². The average Bonchev–Trinajstić information content (AvgIpc) is 3.58. The van der Waals surface area contributed by atoms with Crippen molar-refractivity contribution in [3.63, 3.8) is 0 Å². The zero-order valence-corrected chi connectivity index (χ0v) is 26.5. The van der Waals surface area contributed by atoms with E-state index < -0.39 is 0 Å². The summed E-state index contributed by atoms with van der Waals surface area (Å²) in [5.74, 6) is 0.547. The first-order chi connectivity index (χ1) is 23.6. The highest BCUT2D eigenvalue weighted by Crippen LogP contribution is 2.56. The smallest absolute Gasteiger partial charge is 0.115 e. The lowest BCUT2D eigenvalue weighted by atomic mass is 9.67. The monoisotopic (exact) mass is 618 g/mol. The van der Waals surface area contributed by atoms with E-state index >= 15 is 0 Å². The summed E-state index contributed by atoms with van der Waals surface area (Å²) in [5, 5.41) is 20.5. The normalized spacial score (nSPS) is 14.5. The minimum absolute atomic E-state index is 0.274. The van der Waals surface area contributed by atoms with Crippen molar-refractivity contribution < 1.29 is 10.2 Å². The molecule has 0 saturated heterocycles. The maximum absolute atomic E-state index is 10.2. The Morgan fingerprint density at radius 2 is 0.583 bits per heavy atom. The largest absolute Gasteiger partial charge is 0.508 e. The molecule has 0 unspecified atom stereocenters. The first kappa shape index (κ1) is 28.4. The Kier molecular flexibility index (Phi) is 6.42. The van der Waals surface area contributed by atoms with Crippen LogP contribution in [0.2, 0.25) is 0 Å². The van der Waals surface area contributed by atoms with Gasteiger partial charge in [-0.05, 0) is 104 Å². The van der Waals surface area contributed by atoms with Crippen LogP contribution in [0.3, 0.4) is 0 Å². The first-order valence-electron chi connectivity index (χ1n) is 16.6. The van der Waals surface area contributed by atoms with Gasteiger partial charge in [0.25, 0.3) is 0 Å². The standard InChI is InChI=1S/C46H34O2/c47-35-25-21-33(22-26-35)45(41-13-5-1-9-37(41)38-10-2-6-14-42(38)45)29-31-17-19-32(20-18-31)30-46(34-23-27-36(48)28-24-34)43-15-7-3-11-39(43)40-12-4-8-16-44(40)46/h1-28,47-48H,29-30H2. The molecule has 2 aliphatic carbocycles. The van der Waals surface area contributed by atoms with Crippen molar-refractivity contribution in [3.8, 4) is 33.8 Å². The first-order valence-corrected chi connectivity index (χ1v) is 16.6. The molecule has 2 aliphatic rings. The predicted molar refractivity (Wildman–Crippen MR) is 194 cm³/mol. The molecule has 2 heteroatoms. The number of hydrogen-bond donors (Lipinski definition) is 2. The highest BCUT2D eigenvalue weighted by Gasteiger charge is 2.46.